The Balaban J connectivity index is 1.99. The lowest BCUT2D eigenvalue weighted by Gasteiger charge is -2.20. The summed E-state index contributed by atoms with van der Waals surface area (Å²) in [7, 11) is 1.30. The number of halogens is 1. The molecule has 0 aliphatic carbocycles. The molecule has 0 spiro atoms. The molecule has 1 aliphatic rings. The van der Waals surface area contributed by atoms with Gasteiger partial charge in [-0.3, -0.25) is 0 Å². The fourth-order valence-corrected chi connectivity index (χ4v) is 2.13. The minimum Gasteiger partial charge on any atom is -0.390 e. The molecule has 100 valence electrons. The van der Waals surface area contributed by atoms with E-state index in [4.69, 9.17) is 9.47 Å². The summed E-state index contributed by atoms with van der Waals surface area (Å²) in [5.41, 5.74) is 0.900. The summed E-state index contributed by atoms with van der Waals surface area (Å²) in [4.78, 5) is 0. The summed E-state index contributed by atoms with van der Waals surface area (Å²) >= 11 is 0. The molecule has 0 saturated carbocycles. The number of hydrogen-bond acceptors (Lipinski definition) is 4. The summed E-state index contributed by atoms with van der Waals surface area (Å²) in [5, 5.41) is 19.7. The van der Waals surface area contributed by atoms with Gasteiger partial charge >= 0.3 is 0 Å². The van der Waals surface area contributed by atoms with Crippen molar-refractivity contribution in [2.75, 3.05) is 7.11 Å². The molecule has 18 heavy (non-hydrogen) atoms. The number of alkyl halides is 1. The van der Waals surface area contributed by atoms with Crippen LogP contribution in [0.15, 0.2) is 30.3 Å². The minimum atomic E-state index is -1.63. The highest BCUT2D eigenvalue weighted by molar-refractivity contribution is 5.16. The van der Waals surface area contributed by atoms with Crippen molar-refractivity contribution in [2.24, 2.45) is 0 Å². The van der Waals surface area contributed by atoms with E-state index >= 15 is 0 Å². The van der Waals surface area contributed by atoms with Crippen LogP contribution in [0.25, 0.3) is 0 Å². The van der Waals surface area contributed by atoms with Crippen molar-refractivity contribution >= 4 is 0 Å². The number of benzene rings is 1. The van der Waals surface area contributed by atoms with Crippen molar-refractivity contribution in [3.05, 3.63) is 35.9 Å². The van der Waals surface area contributed by atoms with Crippen molar-refractivity contribution in [1.29, 1.82) is 0 Å². The molecule has 1 unspecified atom stereocenters. The van der Waals surface area contributed by atoms with Gasteiger partial charge in [0.15, 0.2) is 12.5 Å². The number of aliphatic hydroxyl groups excluding tert-OH is 2. The maximum absolute atomic E-state index is 13.5. The van der Waals surface area contributed by atoms with E-state index in [0.29, 0.717) is 6.42 Å². The van der Waals surface area contributed by atoms with Crippen LogP contribution in [0, 0.1) is 0 Å². The lowest BCUT2D eigenvalue weighted by Crippen LogP contribution is -2.38. The molecule has 1 fully saturated rings. The third-order valence-electron chi connectivity index (χ3n) is 3.11. The van der Waals surface area contributed by atoms with Crippen molar-refractivity contribution < 1.29 is 24.1 Å². The van der Waals surface area contributed by atoms with Crippen LogP contribution in [0.2, 0.25) is 0 Å². The Kier molecular flexibility index (Phi) is 4.29. The fourth-order valence-electron chi connectivity index (χ4n) is 2.13. The van der Waals surface area contributed by atoms with Gasteiger partial charge < -0.3 is 19.7 Å². The number of aliphatic hydroxyl groups is 2. The Morgan fingerprint density at radius 3 is 2.61 bits per heavy atom. The number of methoxy groups -OCH3 is 1. The first-order chi connectivity index (χ1) is 8.63. The van der Waals surface area contributed by atoms with Gasteiger partial charge in [0.2, 0.25) is 0 Å². The molecule has 1 aliphatic heterocycles. The molecule has 0 aromatic heterocycles. The molecule has 1 aromatic rings. The molecule has 0 bridgehead atoms. The number of ether oxygens (including phenoxy) is 2. The van der Waals surface area contributed by atoms with Crippen molar-refractivity contribution in [2.45, 2.75) is 37.2 Å². The molecule has 0 amide bonds. The summed E-state index contributed by atoms with van der Waals surface area (Å²) in [6.45, 7) is 0. The van der Waals surface area contributed by atoms with Crippen LogP contribution in [0.5, 0.6) is 0 Å². The molecule has 4 nitrogen and oxygen atoms in total. The largest absolute Gasteiger partial charge is 0.390 e. The minimum absolute atomic E-state index is 0.297. The second kappa shape index (κ2) is 5.75. The Morgan fingerprint density at radius 2 is 2.06 bits per heavy atom. The number of rotatable bonds is 4. The first kappa shape index (κ1) is 13.4. The number of hydrogen-bond donors (Lipinski definition) is 2. The van der Waals surface area contributed by atoms with Gasteiger partial charge in [-0.1, -0.05) is 30.3 Å². The smallest absolute Gasteiger partial charge is 0.191 e. The van der Waals surface area contributed by atoms with Crippen LogP contribution in [-0.4, -0.2) is 48.1 Å². The zero-order chi connectivity index (χ0) is 13.1. The van der Waals surface area contributed by atoms with E-state index in [0.717, 1.165) is 5.56 Å². The monoisotopic (exact) mass is 256 g/mol. The van der Waals surface area contributed by atoms with Crippen molar-refractivity contribution in [3.8, 4) is 0 Å². The van der Waals surface area contributed by atoms with E-state index in [9.17, 15) is 14.6 Å². The summed E-state index contributed by atoms with van der Waals surface area (Å²) in [6, 6.07) is 9.28. The highest BCUT2D eigenvalue weighted by Gasteiger charge is 2.47. The Labute approximate surface area is 105 Å². The quantitative estimate of drug-likeness (QED) is 0.831. The lowest BCUT2D eigenvalue weighted by molar-refractivity contribution is -0.154. The van der Waals surface area contributed by atoms with Crippen LogP contribution in [0.1, 0.15) is 5.56 Å². The van der Waals surface area contributed by atoms with E-state index in [1.165, 1.54) is 7.11 Å². The van der Waals surface area contributed by atoms with Crippen LogP contribution in [0.3, 0.4) is 0 Å². The van der Waals surface area contributed by atoms with E-state index < -0.39 is 30.8 Å². The van der Waals surface area contributed by atoms with Crippen molar-refractivity contribution in [1.82, 2.24) is 0 Å². The van der Waals surface area contributed by atoms with Gasteiger partial charge in [-0.2, -0.15) is 0 Å². The predicted octanol–water partition coefficient (Wildman–Crippen LogP) is 0.660. The molecular weight excluding hydrogens is 239 g/mol. The molecule has 1 aromatic carbocycles. The molecule has 5 heteroatoms. The Bertz CT molecular complexity index is 373. The van der Waals surface area contributed by atoms with Gasteiger partial charge in [-0.15, -0.1) is 0 Å². The van der Waals surface area contributed by atoms with Gasteiger partial charge in [0.05, 0.1) is 6.10 Å². The normalized spacial score (nSPS) is 33.6. The topological polar surface area (TPSA) is 58.9 Å². The lowest BCUT2D eigenvalue weighted by atomic mass is 10.00. The van der Waals surface area contributed by atoms with Gasteiger partial charge in [-0.05, 0) is 5.56 Å². The summed E-state index contributed by atoms with van der Waals surface area (Å²) in [5.74, 6) is 0. The zero-order valence-corrected chi connectivity index (χ0v) is 10.1. The maximum Gasteiger partial charge on any atom is 0.191 e. The van der Waals surface area contributed by atoms with Gasteiger partial charge in [0, 0.05) is 13.5 Å². The SMILES string of the molecule is CO[C@H]1O[C@H](C(O)Cc2ccccc2)[C@@H](O)[C@H]1F. The summed E-state index contributed by atoms with van der Waals surface area (Å²) in [6.07, 6.45) is -5.76. The standard InChI is InChI=1S/C13H17FO4/c1-17-13-10(14)11(16)12(18-13)9(15)7-8-5-3-2-4-6-8/h2-6,9-13,15-16H,7H2,1H3/t9?,10-,11+,12-,13+/m1/s1. The fraction of sp³-hybridized carbons (Fsp3) is 0.538. The third kappa shape index (κ3) is 2.70. The van der Waals surface area contributed by atoms with Gasteiger partial charge in [-0.25, -0.2) is 4.39 Å². The molecule has 5 atom stereocenters. The van der Waals surface area contributed by atoms with E-state index in [1.807, 2.05) is 30.3 Å². The van der Waals surface area contributed by atoms with Gasteiger partial charge in [0.25, 0.3) is 0 Å². The van der Waals surface area contributed by atoms with Crippen LogP contribution >= 0.6 is 0 Å². The molecule has 0 radical (unpaired) electrons. The van der Waals surface area contributed by atoms with Crippen LogP contribution < -0.4 is 0 Å². The van der Waals surface area contributed by atoms with Crippen LogP contribution in [0.4, 0.5) is 4.39 Å². The van der Waals surface area contributed by atoms with Crippen molar-refractivity contribution in [3.63, 3.8) is 0 Å². The molecule has 2 N–H and O–H groups in total. The molecule has 2 rings (SSSR count). The van der Waals surface area contributed by atoms with E-state index in [2.05, 4.69) is 0 Å². The first-order valence-corrected chi connectivity index (χ1v) is 5.86. The highest BCUT2D eigenvalue weighted by atomic mass is 19.1. The second-order valence-corrected chi connectivity index (χ2v) is 4.40. The maximum atomic E-state index is 13.5. The third-order valence-corrected chi connectivity index (χ3v) is 3.11. The molecular formula is C13H17FO4. The van der Waals surface area contributed by atoms with Gasteiger partial charge in [0.1, 0.15) is 12.2 Å². The average molecular weight is 256 g/mol. The zero-order valence-electron chi connectivity index (χ0n) is 10.1. The summed E-state index contributed by atoms with van der Waals surface area (Å²) < 4.78 is 23.4. The second-order valence-electron chi connectivity index (χ2n) is 4.40. The van der Waals surface area contributed by atoms with E-state index in [-0.39, 0.29) is 0 Å². The molecule has 1 saturated heterocycles. The van der Waals surface area contributed by atoms with E-state index in [1.54, 1.807) is 0 Å². The molecule has 1 heterocycles. The van der Waals surface area contributed by atoms with Crippen LogP contribution in [-0.2, 0) is 15.9 Å². The average Bonchev–Trinajstić information content (AvgIpc) is 2.67. The first-order valence-electron chi connectivity index (χ1n) is 5.86. The Hall–Kier alpha value is -1.01. The highest BCUT2D eigenvalue weighted by Crippen LogP contribution is 2.27. The predicted molar refractivity (Wildman–Crippen MR) is 62.7 cm³/mol. The Morgan fingerprint density at radius 1 is 1.39 bits per heavy atom.